The number of carboxylic acid groups (broad SMARTS) is 1. The maximum atomic E-state index is 11.3. The first-order valence-electron chi connectivity index (χ1n) is 6.34. The molecular formula is C12H16N4O2. The molecule has 3 rings (SSSR count). The third kappa shape index (κ3) is 1.92. The van der Waals surface area contributed by atoms with Gasteiger partial charge in [-0.2, -0.15) is 0 Å². The lowest BCUT2D eigenvalue weighted by Gasteiger charge is -2.22. The maximum Gasteiger partial charge on any atom is 0.354 e. The van der Waals surface area contributed by atoms with Gasteiger partial charge in [0.2, 0.25) is 5.95 Å². The molecule has 0 unspecified atom stereocenters. The molecule has 1 fully saturated rings. The number of anilines is 1. The monoisotopic (exact) mass is 248 g/mol. The fourth-order valence-electron chi connectivity index (χ4n) is 2.58. The molecule has 0 aliphatic carbocycles. The van der Waals surface area contributed by atoms with Gasteiger partial charge in [0.1, 0.15) is 0 Å². The third-order valence-electron chi connectivity index (χ3n) is 3.52. The Balaban J connectivity index is 2.05. The van der Waals surface area contributed by atoms with E-state index >= 15 is 0 Å². The summed E-state index contributed by atoms with van der Waals surface area (Å²) in [5.41, 5.74) is 1.82. The number of hydrogen-bond acceptors (Lipinski definition) is 5. The predicted molar refractivity (Wildman–Crippen MR) is 65.8 cm³/mol. The van der Waals surface area contributed by atoms with Crippen molar-refractivity contribution in [3.05, 3.63) is 17.0 Å². The molecule has 0 spiro atoms. The number of nitrogens with zero attached hydrogens (tertiary/aromatic N) is 3. The fourth-order valence-corrected chi connectivity index (χ4v) is 2.58. The number of nitrogens with one attached hydrogen (secondary N) is 1. The van der Waals surface area contributed by atoms with Crippen molar-refractivity contribution in [2.45, 2.75) is 25.8 Å². The number of rotatable bonds is 2. The minimum absolute atomic E-state index is 0.184. The van der Waals surface area contributed by atoms with Crippen LogP contribution in [0.4, 0.5) is 5.95 Å². The van der Waals surface area contributed by atoms with Gasteiger partial charge in [-0.3, -0.25) is 0 Å². The molecule has 2 N–H and O–H groups in total. The van der Waals surface area contributed by atoms with E-state index < -0.39 is 5.97 Å². The van der Waals surface area contributed by atoms with Gasteiger partial charge >= 0.3 is 5.97 Å². The summed E-state index contributed by atoms with van der Waals surface area (Å²) in [7, 11) is 0. The van der Waals surface area contributed by atoms with Crippen LogP contribution >= 0.6 is 0 Å². The first-order chi connectivity index (χ1) is 8.75. The van der Waals surface area contributed by atoms with Gasteiger partial charge in [0.25, 0.3) is 0 Å². The molecule has 0 aromatic carbocycles. The Hall–Kier alpha value is -1.69. The average Bonchev–Trinajstić information content (AvgIpc) is 2.91. The summed E-state index contributed by atoms with van der Waals surface area (Å²) >= 11 is 0. The normalized spacial score (nSPS) is 18.8. The molecule has 0 bridgehead atoms. The van der Waals surface area contributed by atoms with E-state index in [0.717, 1.165) is 43.7 Å². The SMILES string of the molecule is O=C(O)c1nc(N2CCCC2)nc2c1CCNC2. The minimum Gasteiger partial charge on any atom is -0.476 e. The quantitative estimate of drug-likeness (QED) is 0.789. The fraction of sp³-hybridized carbons (Fsp3) is 0.583. The lowest BCUT2D eigenvalue weighted by atomic mass is 10.0. The highest BCUT2D eigenvalue weighted by Crippen LogP contribution is 2.22. The van der Waals surface area contributed by atoms with Gasteiger partial charge in [0, 0.05) is 25.2 Å². The zero-order chi connectivity index (χ0) is 12.5. The van der Waals surface area contributed by atoms with Gasteiger partial charge in [-0.05, 0) is 25.8 Å². The van der Waals surface area contributed by atoms with Crippen LogP contribution in [0.15, 0.2) is 0 Å². The predicted octanol–water partition coefficient (Wildman–Crippen LogP) is 0.421. The van der Waals surface area contributed by atoms with Crippen LogP contribution in [0.25, 0.3) is 0 Å². The Morgan fingerprint density at radius 2 is 2.06 bits per heavy atom. The minimum atomic E-state index is -0.948. The number of aromatic carboxylic acids is 1. The second-order valence-electron chi connectivity index (χ2n) is 4.72. The van der Waals surface area contributed by atoms with E-state index in [0.29, 0.717) is 18.9 Å². The number of aromatic nitrogens is 2. The van der Waals surface area contributed by atoms with Crippen LogP contribution < -0.4 is 10.2 Å². The second-order valence-corrected chi connectivity index (χ2v) is 4.72. The lowest BCUT2D eigenvalue weighted by Crippen LogP contribution is -2.30. The van der Waals surface area contributed by atoms with Crippen LogP contribution in [0.1, 0.15) is 34.6 Å². The molecule has 2 aliphatic rings. The summed E-state index contributed by atoms with van der Waals surface area (Å²) < 4.78 is 0. The van der Waals surface area contributed by atoms with Crippen molar-refractivity contribution < 1.29 is 9.90 Å². The van der Waals surface area contributed by atoms with Crippen LogP contribution in [-0.4, -0.2) is 40.7 Å². The summed E-state index contributed by atoms with van der Waals surface area (Å²) in [6.45, 7) is 3.27. The van der Waals surface area contributed by atoms with Crippen molar-refractivity contribution in [1.29, 1.82) is 0 Å². The number of carbonyl (C=O) groups is 1. The van der Waals surface area contributed by atoms with Crippen LogP contribution in [0.3, 0.4) is 0 Å². The van der Waals surface area contributed by atoms with Crippen LogP contribution in [0.2, 0.25) is 0 Å². The summed E-state index contributed by atoms with van der Waals surface area (Å²) in [4.78, 5) is 22.2. The molecule has 3 heterocycles. The van der Waals surface area contributed by atoms with Crippen molar-refractivity contribution in [2.75, 3.05) is 24.5 Å². The second kappa shape index (κ2) is 4.53. The number of fused-ring (bicyclic) bond motifs is 1. The van der Waals surface area contributed by atoms with Crippen molar-refractivity contribution >= 4 is 11.9 Å². The first-order valence-corrected chi connectivity index (χ1v) is 6.34. The Labute approximate surface area is 105 Å². The molecule has 0 radical (unpaired) electrons. The van der Waals surface area contributed by atoms with E-state index in [-0.39, 0.29) is 5.69 Å². The standard InChI is InChI=1S/C12H16N4O2/c17-11(18)10-8-3-4-13-7-9(8)14-12(15-10)16-5-1-2-6-16/h13H,1-7H2,(H,17,18). The summed E-state index contributed by atoms with van der Waals surface area (Å²) in [6, 6.07) is 0. The van der Waals surface area contributed by atoms with E-state index in [1.807, 2.05) is 0 Å². The molecule has 0 atom stereocenters. The molecule has 1 saturated heterocycles. The summed E-state index contributed by atoms with van der Waals surface area (Å²) in [6.07, 6.45) is 2.94. The topological polar surface area (TPSA) is 78.3 Å². The van der Waals surface area contributed by atoms with E-state index in [2.05, 4.69) is 20.2 Å². The van der Waals surface area contributed by atoms with Crippen LogP contribution in [0.5, 0.6) is 0 Å². The zero-order valence-electron chi connectivity index (χ0n) is 10.1. The number of hydrogen-bond donors (Lipinski definition) is 2. The maximum absolute atomic E-state index is 11.3. The molecule has 0 saturated carbocycles. The van der Waals surface area contributed by atoms with Crippen LogP contribution in [0, 0.1) is 0 Å². The Morgan fingerprint density at radius 1 is 1.28 bits per heavy atom. The van der Waals surface area contributed by atoms with Gasteiger partial charge in [-0.1, -0.05) is 0 Å². The van der Waals surface area contributed by atoms with Crippen LogP contribution in [-0.2, 0) is 13.0 Å². The molecule has 0 amide bonds. The van der Waals surface area contributed by atoms with E-state index in [1.165, 1.54) is 0 Å². The molecule has 18 heavy (non-hydrogen) atoms. The molecular weight excluding hydrogens is 232 g/mol. The lowest BCUT2D eigenvalue weighted by molar-refractivity contribution is 0.0688. The molecule has 96 valence electrons. The zero-order valence-corrected chi connectivity index (χ0v) is 10.1. The highest BCUT2D eigenvalue weighted by atomic mass is 16.4. The van der Waals surface area contributed by atoms with Gasteiger partial charge in [0.05, 0.1) is 5.69 Å². The molecule has 1 aromatic heterocycles. The Bertz CT molecular complexity index is 483. The average molecular weight is 248 g/mol. The largest absolute Gasteiger partial charge is 0.476 e. The Kier molecular flexibility index (Phi) is 2.87. The molecule has 2 aliphatic heterocycles. The third-order valence-corrected chi connectivity index (χ3v) is 3.52. The summed E-state index contributed by atoms with van der Waals surface area (Å²) in [5.74, 6) is -0.372. The van der Waals surface area contributed by atoms with Gasteiger partial charge in [-0.25, -0.2) is 14.8 Å². The van der Waals surface area contributed by atoms with Gasteiger partial charge < -0.3 is 15.3 Å². The molecule has 6 heteroatoms. The summed E-state index contributed by atoms with van der Waals surface area (Å²) in [5, 5.41) is 12.5. The highest BCUT2D eigenvalue weighted by molar-refractivity contribution is 5.87. The highest BCUT2D eigenvalue weighted by Gasteiger charge is 2.24. The molecule has 6 nitrogen and oxygen atoms in total. The van der Waals surface area contributed by atoms with E-state index in [4.69, 9.17) is 0 Å². The molecule has 1 aromatic rings. The van der Waals surface area contributed by atoms with Crippen molar-refractivity contribution in [3.63, 3.8) is 0 Å². The van der Waals surface area contributed by atoms with Crippen molar-refractivity contribution in [1.82, 2.24) is 15.3 Å². The van der Waals surface area contributed by atoms with Gasteiger partial charge in [0.15, 0.2) is 5.69 Å². The van der Waals surface area contributed by atoms with E-state index in [1.54, 1.807) is 0 Å². The van der Waals surface area contributed by atoms with Crippen molar-refractivity contribution in [2.24, 2.45) is 0 Å². The number of carboxylic acids is 1. The van der Waals surface area contributed by atoms with Crippen molar-refractivity contribution in [3.8, 4) is 0 Å². The van der Waals surface area contributed by atoms with E-state index in [9.17, 15) is 9.90 Å². The Morgan fingerprint density at radius 3 is 2.78 bits per heavy atom. The first kappa shape index (κ1) is 11.4. The van der Waals surface area contributed by atoms with Gasteiger partial charge in [-0.15, -0.1) is 0 Å². The smallest absolute Gasteiger partial charge is 0.354 e.